The summed E-state index contributed by atoms with van der Waals surface area (Å²) in [6, 6.07) is 0. The summed E-state index contributed by atoms with van der Waals surface area (Å²) in [7, 11) is 29.2. The van der Waals surface area contributed by atoms with E-state index in [1.54, 1.807) is 6.92 Å². The Morgan fingerprint density at radius 2 is 0.643 bits per heavy atom. The topological polar surface area (TPSA) is 104 Å². The van der Waals surface area contributed by atoms with Gasteiger partial charge in [0.25, 0.3) is 0 Å². The molecule has 20 heteroatoms. The van der Waals surface area contributed by atoms with E-state index in [1.807, 2.05) is 0 Å². The molecule has 15 nitrogen and oxygen atoms in total. The van der Waals surface area contributed by atoms with Crippen LogP contribution < -0.4 is 9.96 Å². The minimum atomic E-state index is -3.16. The number of nitrogens with one attached hydrogen (secondary N) is 1. The van der Waals surface area contributed by atoms with Crippen LogP contribution in [0.4, 0.5) is 0 Å². The van der Waals surface area contributed by atoms with Gasteiger partial charge in [-0.1, -0.05) is 72.1 Å². The van der Waals surface area contributed by atoms with Gasteiger partial charge in [0.15, 0.2) is 0 Å². The molecule has 0 heterocycles. The summed E-state index contributed by atoms with van der Waals surface area (Å²) in [5.74, 6) is 0. The van der Waals surface area contributed by atoms with Crippen molar-refractivity contribution in [2.24, 2.45) is 13.5 Å². The SMILES string of the molecule is CCCCCCCC[N+](CCCCCCCC)=PN[P+](N=P(N(C)C)(N(C)C)N(C)C)(N=P(N(C)C)(N(C)C)N(C)C)N=P(N(C)C)(N(C)C)N(C)C.CC[O-]. The molecule has 0 atom stereocenters. The van der Waals surface area contributed by atoms with Gasteiger partial charge in [0.05, 0.1) is 0 Å². The molecule has 0 radical (unpaired) electrons. The predicted molar refractivity (Wildman–Crippen MR) is 255 cm³/mol. The standard InChI is InChI=1S/C34H88N14P5.C2H5O/c1-21-23-25-27-29-31-33-48(34-32-30-28-26-24-22-2)49-35-50(36-51(39(3)4,40(5)6)41(7)8,37-52(42(9)10,43(11)12)44(13)14)38-53(45(15)16,46(17)18)47(19)20;1-2-3/h21-34H2,1-20H3;2H2,1H3/q+1;-1/p+1. The molecule has 0 aliphatic carbocycles. The van der Waals surface area contributed by atoms with E-state index in [2.05, 4.69) is 192 Å². The molecule has 0 saturated carbocycles. The second kappa shape index (κ2) is 29.9. The molecular weight excluding hydrogens is 799 g/mol. The molecule has 0 saturated heterocycles. The smallest absolute Gasteiger partial charge is 0.463 e. The summed E-state index contributed by atoms with van der Waals surface area (Å²) in [6.45, 7) is 8.26. The zero-order valence-corrected chi connectivity index (χ0v) is 45.0. The molecule has 338 valence electrons. The van der Waals surface area contributed by atoms with Crippen molar-refractivity contribution < 1.29 is 9.43 Å². The van der Waals surface area contributed by atoms with Crippen LogP contribution in [0.2, 0.25) is 0 Å². The van der Waals surface area contributed by atoms with Gasteiger partial charge >= 0.3 is 16.4 Å². The highest BCUT2D eigenvalue weighted by Crippen LogP contribution is 2.81. The Morgan fingerprint density at radius 3 is 0.857 bits per heavy atom. The second-order valence-electron chi connectivity index (χ2n) is 16.0. The third-order valence-electron chi connectivity index (χ3n) is 9.42. The maximum atomic E-state index is 8.93. The molecule has 0 amide bonds. The molecule has 0 fully saturated rings. The molecule has 0 rings (SSSR count). The Balaban J connectivity index is 0. The largest absolute Gasteiger partial charge is 0.855 e. The fourth-order valence-corrected chi connectivity index (χ4v) is 27.7. The lowest BCUT2D eigenvalue weighted by Crippen LogP contribution is -2.33. The van der Waals surface area contributed by atoms with Crippen molar-refractivity contribution in [1.82, 2.24) is 46.9 Å². The van der Waals surface area contributed by atoms with E-state index in [0.717, 1.165) is 21.6 Å². The van der Waals surface area contributed by atoms with Crippen LogP contribution in [-0.4, -0.2) is 193 Å². The first kappa shape index (κ1) is 58.9. The Hall–Kier alpha value is 0.780. The van der Waals surface area contributed by atoms with E-state index in [1.165, 1.54) is 77.0 Å². The monoisotopic (exact) mass is 894 g/mol. The van der Waals surface area contributed by atoms with E-state index < -0.39 is 30.4 Å². The number of hydrogen-bond donors (Lipinski definition) is 1. The summed E-state index contributed by atoms with van der Waals surface area (Å²) in [4.78, 5) is 4.17. The van der Waals surface area contributed by atoms with Crippen molar-refractivity contribution in [2.45, 2.75) is 97.8 Å². The van der Waals surface area contributed by atoms with Crippen molar-refractivity contribution in [3.63, 3.8) is 0 Å². The van der Waals surface area contributed by atoms with E-state index >= 15 is 0 Å². The summed E-state index contributed by atoms with van der Waals surface area (Å²) >= 11 is 0. The van der Waals surface area contributed by atoms with Crippen LogP contribution in [0.25, 0.3) is 0 Å². The first-order valence-corrected chi connectivity index (χ1v) is 28.0. The molecule has 0 aliphatic heterocycles. The van der Waals surface area contributed by atoms with Crippen molar-refractivity contribution >= 4 is 38.9 Å². The minimum absolute atomic E-state index is 0. The first-order valence-electron chi connectivity index (χ1n) is 20.7. The first-order chi connectivity index (χ1) is 26.0. The van der Waals surface area contributed by atoms with Crippen LogP contribution in [0.5, 0.6) is 0 Å². The molecule has 1 N–H and O–H groups in total. The predicted octanol–water partition coefficient (Wildman–Crippen LogP) is 9.29. The van der Waals surface area contributed by atoms with E-state index in [4.69, 9.17) is 18.7 Å². The van der Waals surface area contributed by atoms with Crippen molar-refractivity contribution in [3.05, 3.63) is 0 Å². The van der Waals surface area contributed by atoms with Gasteiger partial charge < -0.3 is 5.11 Å². The summed E-state index contributed by atoms with van der Waals surface area (Å²) in [6.07, 6.45) is 15.4. The Kier molecular flexibility index (Phi) is 31.5. The average Bonchev–Trinajstić information content (AvgIpc) is 3.08. The Bertz CT molecular complexity index is 1030. The van der Waals surface area contributed by atoms with Crippen LogP contribution in [0.1, 0.15) is 97.8 Å². The van der Waals surface area contributed by atoms with Crippen molar-refractivity contribution in [2.75, 3.05) is 147 Å². The lowest BCUT2D eigenvalue weighted by molar-refractivity contribution is -0.505. The minimum Gasteiger partial charge on any atom is -0.855 e. The van der Waals surface area contributed by atoms with Gasteiger partial charge in [-0.25, -0.2) is 46.4 Å². The Labute approximate surface area is 352 Å². The maximum absolute atomic E-state index is 8.93. The van der Waals surface area contributed by atoms with Gasteiger partial charge in [0.2, 0.25) is 22.5 Å². The molecular formula is C36H94N14OP5+. The fraction of sp³-hybridized carbons (Fsp3) is 1.00. The van der Waals surface area contributed by atoms with E-state index in [9.17, 15) is 0 Å². The van der Waals surface area contributed by atoms with Gasteiger partial charge in [-0.05, 0) is 158 Å². The molecule has 0 aromatic rings. The molecule has 0 aromatic carbocycles. The van der Waals surface area contributed by atoms with Crippen molar-refractivity contribution in [3.8, 4) is 0 Å². The molecule has 0 spiro atoms. The van der Waals surface area contributed by atoms with E-state index in [-0.39, 0.29) is 6.61 Å². The third-order valence-corrected chi connectivity index (χ3v) is 27.1. The van der Waals surface area contributed by atoms with Gasteiger partial charge in [-0.3, -0.25) is 0 Å². The van der Waals surface area contributed by atoms with Crippen LogP contribution in [0, 0.1) is 0 Å². The highest BCUT2D eigenvalue weighted by molar-refractivity contribution is 7.86. The normalized spacial score (nSPS) is 13.4. The van der Waals surface area contributed by atoms with Gasteiger partial charge in [0, 0.05) is 12.8 Å². The van der Waals surface area contributed by atoms with Crippen LogP contribution in [0.3, 0.4) is 0 Å². The Morgan fingerprint density at radius 1 is 0.429 bits per heavy atom. The lowest BCUT2D eigenvalue weighted by Gasteiger charge is -2.43. The zero-order chi connectivity index (χ0) is 43.9. The van der Waals surface area contributed by atoms with Gasteiger partial charge in [0.1, 0.15) is 13.1 Å². The highest BCUT2D eigenvalue weighted by Gasteiger charge is 2.54. The molecule has 0 aliphatic rings. The van der Waals surface area contributed by atoms with Gasteiger partial charge in [-0.2, -0.15) is 0 Å². The van der Waals surface area contributed by atoms with Crippen LogP contribution >= 0.6 is 38.9 Å². The number of nitrogens with zero attached hydrogens (tertiary/aromatic N) is 13. The summed E-state index contributed by atoms with van der Waals surface area (Å²) in [5, 5.41) is 8.93. The molecule has 56 heavy (non-hydrogen) atoms. The van der Waals surface area contributed by atoms with Crippen molar-refractivity contribution in [1.29, 1.82) is 0 Å². The molecule has 0 unspecified atom stereocenters. The van der Waals surface area contributed by atoms with Crippen LogP contribution in [-0.2, 0) is 0 Å². The second-order valence-corrected chi connectivity index (χ2v) is 31.3. The maximum Gasteiger partial charge on any atom is 0.463 e. The highest BCUT2D eigenvalue weighted by atomic mass is 31.3. The number of unbranched alkanes of at least 4 members (excludes halogenated alkanes) is 10. The summed E-state index contributed by atoms with van der Waals surface area (Å²) in [5.41, 5.74) is 0. The van der Waals surface area contributed by atoms with Gasteiger partial charge in [-0.15, -0.1) is 6.61 Å². The number of rotatable bonds is 28. The van der Waals surface area contributed by atoms with E-state index in [0.29, 0.717) is 0 Å². The lowest BCUT2D eigenvalue weighted by atomic mass is 10.1. The average molecular weight is 894 g/mol. The summed E-state index contributed by atoms with van der Waals surface area (Å²) < 4.78 is 41.8. The quantitative estimate of drug-likeness (QED) is 0.0601. The molecule has 0 aromatic heterocycles. The van der Waals surface area contributed by atoms with Crippen LogP contribution in [0.15, 0.2) is 13.5 Å². The molecule has 0 bridgehead atoms. The fourth-order valence-electron chi connectivity index (χ4n) is 7.04. The number of hydrogen-bond acceptors (Lipinski definition) is 4. The third kappa shape index (κ3) is 17.6. The zero-order valence-electron chi connectivity index (χ0n) is 40.6.